The van der Waals surface area contributed by atoms with Crippen LogP contribution in [-0.2, 0) is 21.4 Å². The van der Waals surface area contributed by atoms with Gasteiger partial charge in [0, 0.05) is 36.9 Å². The molecule has 2 heterocycles. The van der Waals surface area contributed by atoms with Gasteiger partial charge in [-0.1, -0.05) is 48.5 Å². The van der Waals surface area contributed by atoms with E-state index in [1.807, 2.05) is 12.1 Å². The van der Waals surface area contributed by atoms with Crippen LogP contribution >= 0.6 is 0 Å². The number of amides is 1. The first-order valence-electron chi connectivity index (χ1n) is 9.92. The Morgan fingerprint density at radius 2 is 1.81 bits per heavy atom. The minimum absolute atomic E-state index is 0.0241. The number of fused-ring (bicyclic) bond motifs is 1. The summed E-state index contributed by atoms with van der Waals surface area (Å²) in [6.45, 7) is 4.78. The van der Waals surface area contributed by atoms with Gasteiger partial charge in [-0.15, -0.1) is 0 Å². The predicted octanol–water partition coefficient (Wildman–Crippen LogP) is 3.30. The average molecular weight is 364 g/mol. The third-order valence-corrected chi connectivity index (χ3v) is 6.12. The number of carbonyl (C=O) groups is 1. The monoisotopic (exact) mass is 364 g/mol. The number of benzene rings is 2. The summed E-state index contributed by atoms with van der Waals surface area (Å²) in [7, 11) is 0. The number of para-hydroxylation sites is 1. The maximum atomic E-state index is 12.8. The molecule has 4 rings (SSSR count). The topological polar surface area (TPSA) is 41.6 Å². The molecule has 4 heteroatoms. The van der Waals surface area contributed by atoms with Crippen molar-refractivity contribution in [2.75, 3.05) is 31.2 Å². The Kier molecular flexibility index (Phi) is 5.17. The molecule has 142 valence electrons. The van der Waals surface area contributed by atoms with Gasteiger partial charge < -0.3 is 15.0 Å². The molecule has 1 amide bonds. The van der Waals surface area contributed by atoms with Crippen molar-refractivity contribution >= 4 is 11.6 Å². The molecule has 0 spiro atoms. The number of nitrogens with zero attached hydrogens (tertiary/aromatic N) is 1. The number of ether oxygens (including phenoxy) is 1. The predicted molar refractivity (Wildman–Crippen MR) is 108 cm³/mol. The van der Waals surface area contributed by atoms with E-state index in [4.69, 9.17) is 4.74 Å². The SMILES string of the molecule is CC1Cc2ccccc2N1CC(=O)NCC1(c2ccccc2)CCOCC1. The number of hydrogen-bond donors (Lipinski definition) is 1. The van der Waals surface area contributed by atoms with Gasteiger partial charge in [0.2, 0.25) is 5.91 Å². The van der Waals surface area contributed by atoms with E-state index >= 15 is 0 Å². The van der Waals surface area contributed by atoms with Crippen molar-refractivity contribution in [2.24, 2.45) is 0 Å². The summed E-state index contributed by atoms with van der Waals surface area (Å²) in [6, 6.07) is 19.3. The summed E-state index contributed by atoms with van der Waals surface area (Å²) < 4.78 is 5.59. The van der Waals surface area contributed by atoms with E-state index in [1.165, 1.54) is 16.8 Å². The van der Waals surface area contributed by atoms with Crippen molar-refractivity contribution < 1.29 is 9.53 Å². The van der Waals surface area contributed by atoms with Crippen molar-refractivity contribution in [3.05, 3.63) is 65.7 Å². The van der Waals surface area contributed by atoms with Crippen molar-refractivity contribution in [1.29, 1.82) is 0 Å². The summed E-state index contributed by atoms with van der Waals surface area (Å²) in [6.07, 6.45) is 2.90. The van der Waals surface area contributed by atoms with E-state index in [1.54, 1.807) is 0 Å². The second kappa shape index (κ2) is 7.73. The van der Waals surface area contributed by atoms with Gasteiger partial charge >= 0.3 is 0 Å². The molecule has 2 aromatic carbocycles. The lowest BCUT2D eigenvalue weighted by atomic mass is 9.74. The molecule has 0 saturated carbocycles. The zero-order valence-electron chi connectivity index (χ0n) is 16.0. The third-order valence-electron chi connectivity index (χ3n) is 6.12. The Labute approximate surface area is 161 Å². The summed E-state index contributed by atoms with van der Waals surface area (Å²) >= 11 is 0. The van der Waals surface area contributed by atoms with E-state index in [2.05, 4.69) is 59.6 Å². The largest absolute Gasteiger partial charge is 0.381 e. The van der Waals surface area contributed by atoms with Crippen LogP contribution in [0.1, 0.15) is 30.9 Å². The van der Waals surface area contributed by atoms with E-state index < -0.39 is 0 Å². The second-order valence-corrected chi connectivity index (χ2v) is 7.85. The molecule has 4 nitrogen and oxygen atoms in total. The maximum absolute atomic E-state index is 12.8. The summed E-state index contributed by atoms with van der Waals surface area (Å²) in [5, 5.41) is 3.23. The molecule has 1 saturated heterocycles. The van der Waals surface area contributed by atoms with Crippen LogP contribution in [0.15, 0.2) is 54.6 Å². The molecule has 2 aromatic rings. The van der Waals surface area contributed by atoms with Crippen LogP contribution in [0.3, 0.4) is 0 Å². The van der Waals surface area contributed by atoms with Crippen LogP contribution < -0.4 is 10.2 Å². The summed E-state index contributed by atoms with van der Waals surface area (Å²) in [5.74, 6) is 0.0975. The zero-order valence-corrected chi connectivity index (χ0v) is 16.0. The first-order valence-corrected chi connectivity index (χ1v) is 9.92. The Balaban J connectivity index is 1.43. The molecular weight excluding hydrogens is 336 g/mol. The van der Waals surface area contributed by atoms with Crippen LogP contribution in [0.2, 0.25) is 0 Å². The fourth-order valence-electron chi connectivity index (χ4n) is 4.47. The van der Waals surface area contributed by atoms with Crippen molar-refractivity contribution in [3.63, 3.8) is 0 Å². The van der Waals surface area contributed by atoms with E-state index in [0.717, 1.165) is 32.5 Å². The maximum Gasteiger partial charge on any atom is 0.239 e. The van der Waals surface area contributed by atoms with Crippen LogP contribution in [0.4, 0.5) is 5.69 Å². The Morgan fingerprint density at radius 1 is 1.11 bits per heavy atom. The van der Waals surface area contributed by atoms with Crippen molar-refractivity contribution in [2.45, 2.75) is 37.6 Å². The number of rotatable bonds is 5. The molecule has 0 radical (unpaired) electrons. The highest BCUT2D eigenvalue weighted by Crippen LogP contribution is 2.34. The molecule has 2 aliphatic rings. The standard InChI is InChI=1S/C23H28N2O2/c1-18-15-19-7-5-6-10-21(19)25(18)16-22(26)24-17-23(11-13-27-14-12-23)20-8-3-2-4-9-20/h2-10,18H,11-17H2,1H3,(H,24,26). The van der Waals surface area contributed by atoms with Gasteiger partial charge in [-0.25, -0.2) is 0 Å². The molecule has 1 N–H and O–H groups in total. The van der Waals surface area contributed by atoms with Crippen molar-refractivity contribution in [3.8, 4) is 0 Å². The quantitative estimate of drug-likeness (QED) is 0.885. The fraction of sp³-hybridized carbons (Fsp3) is 0.435. The summed E-state index contributed by atoms with van der Waals surface area (Å²) in [5.41, 5.74) is 3.81. The molecule has 27 heavy (non-hydrogen) atoms. The Bertz CT molecular complexity index is 784. The molecule has 0 bridgehead atoms. The third kappa shape index (κ3) is 3.72. The number of hydrogen-bond acceptors (Lipinski definition) is 3. The van der Waals surface area contributed by atoms with Gasteiger partial charge in [-0.3, -0.25) is 4.79 Å². The van der Waals surface area contributed by atoms with Crippen molar-refractivity contribution in [1.82, 2.24) is 5.32 Å². The van der Waals surface area contributed by atoms with Gasteiger partial charge in [-0.05, 0) is 43.4 Å². The number of carbonyl (C=O) groups excluding carboxylic acids is 1. The number of nitrogens with one attached hydrogen (secondary N) is 1. The first kappa shape index (κ1) is 18.1. The smallest absolute Gasteiger partial charge is 0.239 e. The van der Waals surface area contributed by atoms with Gasteiger partial charge in [-0.2, -0.15) is 0 Å². The van der Waals surface area contributed by atoms with E-state index in [0.29, 0.717) is 19.1 Å². The van der Waals surface area contributed by atoms with Gasteiger partial charge in [0.1, 0.15) is 0 Å². The highest BCUT2D eigenvalue weighted by Gasteiger charge is 2.35. The second-order valence-electron chi connectivity index (χ2n) is 7.85. The van der Waals surface area contributed by atoms with Crippen LogP contribution in [0, 0.1) is 0 Å². The molecule has 1 fully saturated rings. The lowest BCUT2D eigenvalue weighted by molar-refractivity contribution is -0.120. The first-order chi connectivity index (χ1) is 13.2. The van der Waals surface area contributed by atoms with Crippen LogP contribution in [0.25, 0.3) is 0 Å². The lowest BCUT2D eigenvalue weighted by Gasteiger charge is -2.38. The zero-order chi connectivity index (χ0) is 18.7. The minimum atomic E-state index is -0.0241. The van der Waals surface area contributed by atoms with Gasteiger partial charge in [0.05, 0.1) is 6.54 Å². The molecule has 1 atom stereocenters. The Morgan fingerprint density at radius 3 is 2.59 bits per heavy atom. The van der Waals surface area contributed by atoms with Gasteiger partial charge in [0.15, 0.2) is 0 Å². The Hall–Kier alpha value is -2.33. The van der Waals surface area contributed by atoms with Crippen LogP contribution in [0.5, 0.6) is 0 Å². The molecule has 0 aliphatic carbocycles. The fourth-order valence-corrected chi connectivity index (χ4v) is 4.47. The molecule has 2 aliphatic heterocycles. The minimum Gasteiger partial charge on any atom is -0.381 e. The lowest BCUT2D eigenvalue weighted by Crippen LogP contribution is -2.47. The van der Waals surface area contributed by atoms with E-state index in [-0.39, 0.29) is 11.3 Å². The highest BCUT2D eigenvalue weighted by molar-refractivity contribution is 5.82. The van der Waals surface area contributed by atoms with Gasteiger partial charge in [0.25, 0.3) is 0 Å². The molecule has 0 aromatic heterocycles. The summed E-state index contributed by atoms with van der Waals surface area (Å²) in [4.78, 5) is 15.0. The molecule has 1 unspecified atom stereocenters. The average Bonchev–Trinajstić information content (AvgIpc) is 3.03. The number of anilines is 1. The van der Waals surface area contributed by atoms with Crippen LogP contribution in [-0.4, -0.2) is 38.3 Å². The highest BCUT2D eigenvalue weighted by atomic mass is 16.5. The van der Waals surface area contributed by atoms with E-state index in [9.17, 15) is 4.79 Å². The normalized spacial score (nSPS) is 20.9. The molecular formula is C23H28N2O2.